The summed E-state index contributed by atoms with van der Waals surface area (Å²) in [6.45, 7) is 0. The minimum Gasteiger partial charge on any atom is -0.345 e. The predicted octanol–water partition coefficient (Wildman–Crippen LogP) is 2.31. The Morgan fingerprint density at radius 2 is 1.86 bits per heavy atom. The molecule has 2 N–H and O–H groups in total. The molecule has 2 aromatic carbocycles. The topological polar surface area (TPSA) is 78.5 Å². The molecule has 3 rings (SSSR count). The van der Waals surface area contributed by atoms with Gasteiger partial charge in [-0.15, -0.1) is 11.8 Å². The van der Waals surface area contributed by atoms with Crippen molar-refractivity contribution in [2.45, 2.75) is 17.7 Å². The van der Waals surface area contributed by atoms with E-state index in [0.717, 1.165) is 0 Å². The molecule has 1 saturated heterocycles. The van der Waals surface area contributed by atoms with Gasteiger partial charge >= 0.3 is 0 Å². The van der Waals surface area contributed by atoms with Gasteiger partial charge in [0.2, 0.25) is 11.8 Å². The van der Waals surface area contributed by atoms with Crippen molar-refractivity contribution in [1.29, 1.82) is 0 Å². The van der Waals surface area contributed by atoms with E-state index in [1.807, 2.05) is 0 Å². The highest BCUT2D eigenvalue weighted by molar-refractivity contribution is 8.00. The molecule has 0 saturated carbocycles. The average Bonchev–Trinajstić information content (AvgIpc) is 2.71. The molecule has 0 radical (unpaired) electrons. The van der Waals surface area contributed by atoms with Gasteiger partial charge in [0, 0.05) is 31.1 Å². The molecule has 1 aliphatic heterocycles. The quantitative estimate of drug-likeness (QED) is 0.786. The number of carbonyl (C=O) groups is 3. The predicted molar refractivity (Wildman–Crippen MR) is 111 cm³/mol. The first-order valence-corrected chi connectivity index (χ1v) is 10.2. The number of thioether (sulfide) groups is 1. The molecule has 1 heterocycles. The van der Waals surface area contributed by atoms with Gasteiger partial charge in [0.1, 0.15) is 11.9 Å². The van der Waals surface area contributed by atoms with Crippen LogP contribution in [0, 0.1) is 5.82 Å². The Labute approximate surface area is 172 Å². The summed E-state index contributed by atoms with van der Waals surface area (Å²) < 4.78 is 13.8. The molecule has 29 heavy (non-hydrogen) atoms. The second kappa shape index (κ2) is 9.09. The molecule has 0 bridgehead atoms. The zero-order chi connectivity index (χ0) is 21.0. The Hall–Kier alpha value is -2.87. The minimum absolute atomic E-state index is 0.125. The lowest BCUT2D eigenvalue weighted by Gasteiger charge is -2.28. The van der Waals surface area contributed by atoms with Crippen molar-refractivity contribution in [1.82, 2.24) is 10.2 Å². The van der Waals surface area contributed by atoms with Crippen molar-refractivity contribution in [2.75, 3.05) is 25.2 Å². The molecule has 3 amide bonds. The van der Waals surface area contributed by atoms with E-state index >= 15 is 0 Å². The van der Waals surface area contributed by atoms with Gasteiger partial charge in [0.15, 0.2) is 0 Å². The molecule has 8 heteroatoms. The maximum atomic E-state index is 13.8. The standard InChI is InChI=1S/C21H22FN3O3S/c1-25(2)21(28)13-7-9-15(10-8-13)23-19(26)17-12-29-18(20(27)24-17)11-14-5-3-4-6-16(14)22/h3-10,17-18H,11-12H2,1-2H3,(H,23,26)(H,24,27)/t17-,18-/m0/s1. The van der Waals surface area contributed by atoms with Crippen molar-refractivity contribution in [3.05, 3.63) is 65.5 Å². The van der Waals surface area contributed by atoms with E-state index in [1.165, 1.54) is 22.7 Å². The molecule has 0 aromatic heterocycles. The minimum atomic E-state index is -0.674. The number of hydrogen-bond donors (Lipinski definition) is 2. The summed E-state index contributed by atoms with van der Waals surface area (Å²) in [5.74, 6) is -0.677. The van der Waals surface area contributed by atoms with Gasteiger partial charge in [-0.05, 0) is 42.3 Å². The molecule has 2 atom stereocenters. The number of anilines is 1. The van der Waals surface area contributed by atoms with Crippen LogP contribution in [0.1, 0.15) is 15.9 Å². The lowest BCUT2D eigenvalue weighted by atomic mass is 10.1. The lowest BCUT2D eigenvalue weighted by Crippen LogP contribution is -2.52. The van der Waals surface area contributed by atoms with E-state index in [4.69, 9.17) is 0 Å². The number of benzene rings is 2. The maximum Gasteiger partial charge on any atom is 0.253 e. The highest BCUT2D eigenvalue weighted by atomic mass is 32.2. The van der Waals surface area contributed by atoms with Crippen molar-refractivity contribution in [2.24, 2.45) is 0 Å². The third kappa shape index (κ3) is 5.14. The fourth-order valence-electron chi connectivity index (χ4n) is 2.93. The molecule has 1 fully saturated rings. The first-order chi connectivity index (χ1) is 13.8. The summed E-state index contributed by atoms with van der Waals surface area (Å²) in [7, 11) is 3.34. The fraction of sp³-hybridized carbons (Fsp3) is 0.286. The molecule has 2 aromatic rings. The Balaban J connectivity index is 1.56. The third-order valence-corrected chi connectivity index (χ3v) is 5.87. The van der Waals surface area contributed by atoms with Gasteiger partial charge in [0.25, 0.3) is 5.91 Å². The van der Waals surface area contributed by atoms with Crippen LogP contribution in [0.3, 0.4) is 0 Å². The second-order valence-electron chi connectivity index (χ2n) is 6.94. The van der Waals surface area contributed by atoms with Crippen LogP contribution < -0.4 is 10.6 Å². The van der Waals surface area contributed by atoms with E-state index in [0.29, 0.717) is 22.6 Å². The van der Waals surface area contributed by atoms with Crippen molar-refractivity contribution < 1.29 is 18.8 Å². The number of rotatable bonds is 5. The van der Waals surface area contributed by atoms with Crippen molar-refractivity contribution >= 4 is 35.2 Å². The first kappa shape index (κ1) is 20.9. The van der Waals surface area contributed by atoms with Crippen LogP contribution in [0.25, 0.3) is 0 Å². The van der Waals surface area contributed by atoms with Crippen LogP contribution in [-0.2, 0) is 16.0 Å². The zero-order valence-corrected chi connectivity index (χ0v) is 17.0. The van der Waals surface area contributed by atoms with E-state index in [2.05, 4.69) is 10.6 Å². The van der Waals surface area contributed by atoms with Crippen LogP contribution in [0.5, 0.6) is 0 Å². The second-order valence-corrected chi connectivity index (χ2v) is 8.18. The lowest BCUT2D eigenvalue weighted by molar-refractivity contribution is -0.126. The largest absolute Gasteiger partial charge is 0.345 e. The fourth-order valence-corrected chi connectivity index (χ4v) is 4.11. The van der Waals surface area contributed by atoms with Crippen LogP contribution in [0.2, 0.25) is 0 Å². The summed E-state index contributed by atoms with van der Waals surface area (Å²) in [6.07, 6.45) is 0.277. The zero-order valence-electron chi connectivity index (χ0n) is 16.1. The first-order valence-electron chi connectivity index (χ1n) is 9.13. The summed E-state index contributed by atoms with van der Waals surface area (Å²) in [4.78, 5) is 38.3. The van der Waals surface area contributed by atoms with Gasteiger partial charge in [-0.3, -0.25) is 14.4 Å². The summed E-state index contributed by atoms with van der Waals surface area (Å²) in [5.41, 5.74) is 1.54. The molecule has 152 valence electrons. The Morgan fingerprint density at radius 1 is 1.17 bits per heavy atom. The van der Waals surface area contributed by atoms with Gasteiger partial charge in [0.05, 0.1) is 5.25 Å². The molecule has 1 aliphatic rings. The maximum absolute atomic E-state index is 13.8. The molecule has 6 nitrogen and oxygen atoms in total. The normalized spacial score (nSPS) is 18.7. The number of amides is 3. The Kier molecular flexibility index (Phi) is 6.53. The van der Waals surface area contributed by atoms with E-state index in [1.54, 1.807) is 56.6 Å². The van der Waals surface area contributed by atoms with E-state index < -0.39 is 11.3 Å². The SMILES string of the molecule is CN(C)C(=O)c1ccc(NC(=O)[C@@H]2CS[C@@H](Cc3ccccc3F)C(=O)N2)cc1. The summed E-state index contributed by atoms with van der Waals surface area (Å²) in [5, 5.41) is 5.03. The molecular formula is C21H22FN3O3S. The highest BCUT2D eigenvalue weighted by Gasteiger charge is 2.32. The highest BCUT2D eigenvalue weighted by Crippen LogP contribution is 2.24. The summed E-state index contributed by atoms with van der Waals surface area (Å²) in [6, 6.07) is 12.3. The van der Waals surface area contributed by atoms with Gasteiger partial charge in [-0.25, -0.2) is 4.39 Å². The van der Waals surface area contributed by atoms with Crippen molar-refractivity contribution in [3.8, 4) is 0 Å². The van der Waals surface area contributed by atoms with Gasteiger partial charge in [-0.1, -0.05) is 18.2 Å². The van der Waals surface area contributed by atoms with Crippen LogP contribution in [0.4, 0.5) is 10.1 Å². The molecular weight excluding hydrogens is 393 g/mol. The summed E-state index contributed by atoms with van der Waals surface area (Å²) >= 11 is 1.34. The number of hydrogen-bond acceptors (Lipinski definition) is 4. The third-order valence-electron chi connectivity index (χ3n) is 4.56. The smallest absolute Gasteiger partial charge is 0.253 e. The van der Waals surface area contributed by atoms with Gasteiger partial charge in [-0.2, -0.15) is 0 Å². The van der Waals surface area contributed by atoms with Crippen LogP contribution in [0.15, 0.2) is 48.5 Å². The van der Waals surface area contributed by atoms with Crippen molar-refractivity contribution in [3.63, 3.8) is 0 Å². The Morgan fingerprint density at radius 3 is 2.48 bits per heavy atom. The average molecular weight is 415 g/mol. The monoisotopic (exact) mass is 415 g/mol. The number of halogens is 1. The van der Waals surface area contributed by atoms with E-state index in [9.17, 15) is 18.8 Å². The molecule has 0 spiro atoms. The molecule has 0 unspecified atom stereocenters. The van der Waals surface area contributed by atoms with Crippen LogP contribution in [-0.4, -0.2) is 53.8 Å². The Bertz CT molecular complexity index is 918. The van der Waals surface area contributed by atoms with Gasteiger partial charge < -0.3 is 15.5 Å². The molecule has 0 aliphatic carbocycles. The number of nitrogens with one attached hydrogen (secondary N) is 2. The number of carbonyl (C=O) groups excluding carboxylic acids is 3. The number of nitrogens with zero attached hydrogens (tertiary/aromatic N) is 1. The van der Waals surface area contributed by atoms with Crippen LogP contribution >= 0.6 is 11.8 Å². The van der Waals surface area contributed by atoms with E-state index in [-0.39, 0.29) is 30.0 Å².